The highest BCUT2D eigenvalue weighted by molar-refractivity contribution is 5.96. The van der Waals surface area contributed by atoms with Gasteiger partial charge in [-0.1, -0.05) is 24.3 Å². The minimum atomic E-state index is -0.299. The van der Waals surface area contributed by atoms with E-state index < -0.39 is 0 Å². The van der Waals surface area contributed by atoms with Crippen LogP contribution in [0, 0.1) is 6.92 Å². The number of nitrogens with one attached hydrogen (secondary N) is 1. The van der Waals surface area contributed by atoms with Crippen molar-refractivity contribution in [2.45, 2.75) is 6.92 Å². The number of hydrazone groups is 1. The van der Waals surface area contributed by atoms with Gasteiger partial charge in [-0.15, -0.1) is 0 Å². The number of para-hydroxylation sites is 1. The first-order chi connectivity index (χ1) is 10.1. The first-order valence-corrected chi connectivity index (χ1v) is 6.38. The summed E-state index contributed by atoms with van der Waals surface area (Å²) >= 11 is 0. The third kappa shape index (κ3) is 3.39. The van der Waals surface area contributed by atoms with Gasteiger partial charge in [0.25, 0.3) is 5.91 Å². The number of hydrogen-bond donors (Lipinski definition) is 2. The molecule has 0 aliphatic heterocycles. The van der Waals surface area contributed by atoms with E-state index in [2.05, 4.69) is 10.5 Å². The second-order valence-corrected chi connectivity index (χ2v) is 4.41. The van der Waals surface area contributed by atoms with E-state index in [1.807, 2.05) is 19.1 Å². The van der Waals surface area contributed by atoms with Crippen LogP contribution in [-0.2, 0) is 0 Å². The fourth-order valence-corrected chi connectivity index (χ4v) is 1.86. The molecule has 2 aromatic carbocycles. The molecule has 5 nitrogen and oxygen atoms in total. The number of carbonyl (C=O) groups is 1. The minimum absolute atomic E-state index is 0.0195. The van der Waals surface area contributed by atoms with Gasteiger partial charge < -0.3 is 9.84 Å². The summed E-state index contributed by atoms with van der Waals surface area (Å²) in [4.78, 5) is 12.0. The SMILES string of the molecule is COc1cccc(C=NNC(=O)c2ccccc2C)c1O. The van der Waals surface area contributed by atoms with E-state index in [1.165, 1.54) is 13.3 Å². The van der Waals surface area contributed by atoms with Crippen molar-refractivity contribution in [3.63, 3.8) is 0 Å². The first kappa shape index (κ1) is 14.6. The van der Waals surface area contributed by atoms with Crippen molar-refractivity contribution in [3.05, 3.63) is 59.2 Å². The number of nitrogens with zero attached hydrogens (tertiary/aromatic N) is 1. The molecular weight excluding hydrogens is 268 g/mol. The molecule has 2 aromatic rings. The van der Waals surface area contributed by atoms with Gasteiger partial charge in [0, 0.05) is 11.1 Å². The maximum atomic E-state index is 12.0. The number of aromatic hydroxyl groups is 1. The number of aryl methyl sites for hydroxylation is 1. The maximum absolute atomic E-state index is 12.0. The number of carbonyl (C=O) groups excluding carboxylic acids is 1. The van der Waals surface area contributed by atoms with Gasteiger partial charge in [-0.3, -0.25) is 4.79 Å². The summed E-state index contributed by atoms with van der Waals surface area (Å²) in [7, 11) is 1.47. The highest BCUT2D eigenvalue weighted by Crippen LogP contribution is 2.27. The zero-order chi connectivity index (χ0) is 15.2. The number of phenolic OH excluding ortho intramolecular Hbond substituents is 1. The smallest absolute Gasteiger partial charge is 0.271 e. The van der Waals surface area contributed by atoms with Gasteiger partial charge in [0.05, 0.1) is 13.3 Å². The first-order valence-electron chi connectivity index (χ1n) is 6.38. The molecule has 0 bridgehead atoms. The van der Waals surface area contributed by atoms with Crippen molar-refractivity contribution in [1.29, 1.82) is 0 Å². The number of hydrogen-bond acceptors (Lipinski definition) is 4. The van der Waals surface area contributed by atoms with Gasteiger partial charge >= 0.3 is 0 Å². The normalized spacial score (nSPS) is 10.6. The van der Waals surface area contributed by atoms with Crippen molar-refractivity contribution in [2.75, 3.05) is 7.11 Å². The third-order valence-corrected chi connectivity index (χ3v) is 3.01. The molecule has 0 heterocycles. The second kappa shape index (κ2) is 6.56. The lowest BCUT2D eigenvalue weighted by atomic mass is 10.1. The zero-order valence-electron chi connectivity index (χ0n) is 11.8. The van der Waals surface area contributed by atoms with E-state index in [4.69, 9.17) is 4.74 Å². The van der Waals surface area contributed by atoms with Crippen molar-refractivity contribution >= 4 is 12.1 Å². The van der Waals surface area contributed by atoms with Gasteiger partial charge in [0.1, 0.15) is 0 Å². The monoisotopic (exact) mass is 284 g/mol. The Labute approximate surface area is 122 Å². The molecule has 2 rings (SSSR count). The van der Waals surface area contributed by atoms with E-state index in [-0.39, 0.29) is 11.7 Å². The molecule has 1 amide bonds. The third-order valence-electron chi connectivity index (χ3n) is 3.01. The number of ether oxygens (including phenoxy) is 1. The lowest BCUT2D eigenvalue weighted by Crippen LogP contribution is -2.18. The average molecular weight is 284 g/mol. The van der Waals surface area contributed by atoms with Crippen molar-refractivity contribution in [2.24, 2.45) is 5.10 Å². The topological polar surface area (TPSA) is 70.9 Å². The van der Waals surface area contributed by atoms with Gasteiger partial charge in [-0.2, -0.15) is 5.10 Å². The molecule has 0 fully saturated rings. The summed E-state index contributed by atoms with van der Waals surface area (Å²) < 4.78 is 5.00. The summed E-state index contributed by atoms with van der Waals surface area (Å²) in [5.41, 5.74) is 4.32. The molecule has 0 aliphatic carbocycles. The molecule has 0 spiro atoms. The Hall–Kier alpha value is -2.82. The Morgan fingerprint density at radius 3 is 2.71 bits per heavy atom. The van der Waals surface area contributed by atoms with E-state index in [0.29, 0.717) is 16.9 Å². The Bertz CT molecular complexity index is 681. The highest BCUT2D eigenvalue weighted by atomic mass is 16.5. The Morgan fingerprint density at radius 1 is 1.24 bits per heavy atom. The van der Waals surface area contributed by atoms with Gasteiger partial charge in [0.15, 0.2) is 11.5 Å². The summed E-state index contributed by atoms with van der Waals surface area (Å²) in [5.74, 6) is 0.0322. The predicted molar refractivity (Wildman–Crippen MR) is 80.9 cm³/mol. The Morgan fingerprint density at radius 2 is 2.00 bits per heavy atom. The molecule has 21 heavy (non-hydrogen) atoms. The van der Waals surface area contributed by atoms with Crippen LogP contribution in [0.4, 0.5) is 0 Å². The highest BCUT2D eigenvalue weighted by Gasteiger charge is 2.07. The molecule has 5 heteroatoms. The molecule has 0 saturated heterocycles. The van der Waals surface area contributed by atoms with E-state index in [1.54, 1.807) is 30.3 Å². The number of phenols is 1. The molecular formula is C16H16N2O3. The number of rotatable bonds is 4. The predicted octanol–water partition coefficient (Wildman–Crippen LogP) is 2.47. The molecule has 108 valence electrons. The number of benzene rings is 2. The van der Waals surface area contributed by atoms with Crippen LogP contribution in [0.5, 0.6) is 11.5 Å². The van der Waals surface area contributed by atoms with E-state index in [0.717, 1.165) is 5.56 Å². The molecule has 0 unspecified atom stereocenters. The van der Waals surface area contributed by atoms with Gasteiger partial charge in [0.2, 0.25) is 0 Å². The Kier molecular flexibility index (Phi) is 4.56. The molecule has 0 saturated carbocycles. The molecule has 0 atom stereocenters. The van der Waals surface area contributed by atoms with Crippen molar-refractivity contribution in [1.82, 2.24) is 5.43 Å². The van der Waals surface area contributed by atoms with Crippen LogP contribution >= 0.6 is 0 Å². The fourth-order valence-electron chi connectivity index (χ4n) is 1.86. The van der Waals surface area contributed by atoms with Crippen molar-refractivity contribution < 1.29 is 14.6 Å². The van der Waals surface area contributed by atoms with Crippen LogP contribution in [-0.4, -0.2) is 24.3 Å². The lowest BCUT2D eigenvalue weighted by molar-refractivity contribution is 0.0954. The van der Waals surface area contributed by atoms with Gasteiger partial charge in [-0.05, 0) is 30.7 Å². The fraction of sp³-hybridized carbons (Fsp3) is 0.125. The van der Waals surface area contributed by atoms with E-state index in [9.17, 15) is 9.90 Å². The van der Waals surface area contributed by atoms with Crippen LogP contribution in [0.25, 0.3) is 0 Å². The molecule has 0 aliphatic rings. The lowest BCUT2D eigenvalue weighted by Gasteiger charge is -2.05. The average Bonchev–Trinajstić information content (AvgIpc) is 2.49. The summed E-state index contributed by atoms with van der Waals surface area (Å²) in [6.45, 7) is 1.85. The van der Waals surface area contributed by atoms with Crippen LogP contribution in [0.3, 0.4) is 0 Å². The molecule has 0 aromatic heterocycles. The largest absolute Gasteiger partial charge is 0.504 e. The molecule has 0 radical (unpaired) electrons. The van der Waals surface area contributed by atoms with E-state index >= 15 is 0 Å². The summed E-state index contributed by atoms with van der Waals surface area (Å²) in [6, 6.07) is 12.3. The van der Waals surface area contributed by atoms with Crippen LogP contribution in [0.1, 0.15) is 21.5 Å². The Balaban J connectivity index is 2.10. The van der Waals surface area contributed by atoms with Crippen LogP contribution in [0.15, 0.2) is 47.6 Å². The van der Waals surface area contributed by atoms with Crippen LogP contribution < -0.4 is 10.2 Å². The van der Waals surface area contributed by atoms with Crippen LogP contribution in [0.2, 0.25) is 0 Å². The number of methoxy groups -OCH3 is 1. The summed E-state index contributed by atoms with van der Waals surface area (Å²) in [6.07, 6.45) is 1.37. The van der Waals surface area contributed by atoms with Gasteiger partial charge in [-0.25, -0.2) is 5.43 Å². The van der Waals surface area contributed by atoms with Crippen molar-refractivity contribution in [3.8, 4) is 11.5 Å². The quantitative estimate of drug-likeness (QED) is 0.669. The second-order valence-electron chi connectivity index (χ2n) is 4.41. The maximum Gasteiger partial charge on any atom is 0.271 e. The summed E-state index contributed by atoms with van der Waals surface area (Å²) in [5, 5.41) is 13.7. The number of amides is 1. The zero-order valence-corrected chi connectivity index (χ0v) is 11.8. The minimum Gasteiger partial charge on any atom is -0.504 e. The molecule has 2 N–H and O–H groups in total. The standard InChI is InChI=1S/C16H16N2O3/c1-11-6-3-4-8-13(11)16(20)18-17-10-12-7-5-9-14(21-2)15(12)19/h3-10,19H,1-2H3,(H,18,20).